The first-order valence-electron chi connectivity index (χ1n) is 8.02. The van der Waals surface area contributed by atoms with Crippen molar-refractivity contribution >= 4 is 38.3 Å². The minimum atomic E-state index is -0.522. The lowest BCUT2D eigenvalue weighted by atomic mass is 10.1. The molecular formula is C18H17N3O3S. The number of nitro benzene ring substituents is 1. The number of nitrogens with one attached hydrogen (secondary N) is 1. The molecule has 1 heterocycles. The van der Waals surface area contributed by atoms with E-state index in [2.05, 4.69) is 29.4 Å². The highest BCUT2D eigenvalue weighted by atomic mass is 32.1. The van der Waals surface area contributed by atoms with E-state index in [9.17, 15) is 14.9 Å². The van der Waals surface area contributed by atoms with Crippen LogP contribution in [0.25, 0.3) is 10.2 Å². The average molecular weight is 355 g/mol. The fraction of sp³-hybridized carbons (Fsp3) is 0.222. The largest absolute Gasteiger partial charge is 0.298 e. The van der Waals surface area contributed by atoms with Gasteiger partial charge in [0.2, 0.25) is 0 Å². The van der Waals surface area contributed by atoms with Crippen molar-refractivity contribution in [1.29, 1.82) is 0 Å². The van der Waals surface area contributed by atoms with E-state index in [0.717, 1.165) is 29.5 Å². The first-order chi connectivity index (χ1) is 12.1. The van der Waals surface area contributed by atoms with Crippen molar-refractivity contribution in [3.63, 3.8) is 0 Å². The van der Waals surface area contributed by atoms with Crippen LogP contribution in [-0.2, 0) is 6.42 Å². The summed E-state index contributed by atoms with van der Waals surface area (Å²) in [6.07, 6.45) is 3.31. The van der Waals surface area contributed by atoms with E-state index in [1.54, 1.807) is 6.07 Å². The second-order valence-electron chi connectivity index (χ2n) is 5.69. The quantitative estimate of drug-likeness (QED) is 0.508. The molecule has 3 rings (SSSR count). The number of carbonyl (C=O) groups excluding carboxylic acids is 1. The van der Waals surface area contributed by atoms with Crippen molar-refractivity contribution in [1.82, 2.24) is 4.98 Å². The highest BCUT2D eigenvalue weighted by molar-refractivity contribution is 7.22. The third kappa shape index (κ3) is 4.00. The molecule has 0 atom stereocenters. The maximum Gasteiger partial charge on any atom is 0.270 e. The van der Waals surface area contributed by atoms with E-state index in [4.69, 9.17) is 0 Å². The van der Waals surface area contributed by atoms with Crippen LogP contribution in [0.1, 0.15) is 35.7 Å². The number of hydrogen-bond donors (Lipinski definition) is 1. The summed E-state index contributed by atoms with van der Waals surface area (Å²) in [5.41, 5.74) is 2.21. The number of thiazole rings is 1. The van der Waals surface area contributed by atoms with Crippen LogP contribution in [0.15, 0.2) is 42.5 Å². The highest BCUT2D eigenvalue weighted by Crippen LogP contribution is 2.28. The Hall–Kier alpha value is -2.80. The fourth-order valence-electron chi connectivity index (χ4n) is 2.49. The van der Waals surface area contributed by atoms with Crippen LogP contribution in [0.5, 0.6) is 0 Å². The molecule has 0 fully saturated rings. The second-order valence-corrected chi connectivity index (χ2v) is 6.72. The van der Waals surface area contributed by atoms with Crippen molar-refractivity contribution in [3.05, 3.63) is 63.7 Å². The molecule has 1 N–H and O–H groups in total. The number of anilines is 1. The molecule has 1 amide bonds. The van der Waals surface area contributed by atoms with Gasteiger partial charge in [-0.2, -0.15) is 0 Å². The van der Waals surface area contributed by atoms with Gasteiger partial charge in [-0.15, -0.1) is 0 Å². The summed E-state index contributed by atoms with van der Waals surface area (Å²) in [5, 5.41) is 14.0. The van der Waals surface area contributed by atoms with Crippen LogP contribution in [0, 0.1) is 10.1 Å². The minimum absolute atomic E-state index is 0.113. The van der Waals surface area contributed by atoms with Crippen LogP contribution in [0.3, 0.4) is 0 Å². The van der Waals surface area contributed by atoms with Gasteiger partial charge in [0, 0.05) is 17.7 Å². The summed E-state index contributed by atoms with van der Waals surface area (Å²) in [5.74, 6) is -0.408. The van der Waals surface area contributed by atoms with Crippen molar-refractivity contribution in [3.8, 4) is 0 Å². The number of benzene rings is 2. The van der Waals surface area contributed by atoms with E-state index >= 15 is 0 Å². The van der Waals surface area contributed by atoms with E-state index < -0.39 is 10.8 Å². The lowest BCUT2D eigenvalue weighted by molar-refractivity contribution is -0.384. The van der Waals surface area contributed by atoms with Gasteiger partial charge >= 0.3 is 0 Å². The molecule has 128 valence electrons. The monoisotopic (exact) mass is 355 g/mol. The Bertz CT molecular complexity index is 936. The standard InChI is InChI=1S/C18H17N3O3S/c1-2-3-5-12-8-9-15-16(10-12)25-18(19-15)20-17(22)13-6-4-7-14(11-13)21(23)24/h4,6-11H,2-3,5H2,1H3,(H,19,20,22). The Balaban J connectivity index is 1.79. The molecular weight excluding hydrogens is 338 g/mol. The van der Waals surface area contributed by atoms with Gasteiger partial charge in [-0.25, -0.2) is 4.98 Å². The second kappa shape index (κ2) is 7.40. The van der Waals surface area contributed by atoms with Crippen LogP contribution >= 0.6 is 11.3 Å². The van der Waals surface area contributed by atoms with Gasteiger partial charge in [0.25, 0.3) is 11.6 Å². The first-order valence-corrected chi connectivity index (χ1v) is 8.83. The Labute approximate surface area is 148 Å². The number of aryl methyl sites for hydroxylation is 1. The maximum absolute atomic E-state index is 12.3. The van der Waals surface area contributed by atoms with Gasteiger partial charge in [-0.05, 0) is 36.6 Å². The molecule has 2 aromatic carbocycles. The number of hydrogen-bond acceptors (Lipinski definition) is 5. The molecule has 0 spiro atoms. The first kappa shape index (κ1) is 17.0. The molecule has 0 aliphatic carbocycles. The smallest absolute Gasteiger partial charge is 0.270 e. The van der Waals surface area contributed by atoms with Crippen LogP contribution in [0.2, 0.25) is 0 Å². The SMILES string of the molecule is CCCCc1ccc2nc(NC(=O)c3cccc([N+](=O)[O-])c3)sc2c1. The molecule has 1 aromatic heterocycles. The van der Waals surface area contributed by atoms with E-state index in [0.29, 0.717) is 5.13 Å². The topological polar surface area (TPSA) is 85.1 Å². The van der Waals surface area contributed by atoms with Gasteiger partial charge in [0.05, 0.1) is 15.1 Å². The molecule has 6 nitrogen and oxygen atoms in total. The lowest BCUT2D eigenvalue weighted by Gasteiger charge is -2.01. The molecule has 0 saturated heterocycles. The third-order valence-corrected chi connectivity index (χ3v) is 4.75. The van der Waals surface area contributed by atoms with Crippen molar-refractivity contribution < 1.29 is 9.72 Å². The van der Waals surface area contributed by atoms with E-state index in [-0.39, 0.29) is 11.3 Å². The zero-order valence-electron chi connectivity index (χ0n) is 13.7. The molecule has 0 aliphatic heterocycles. The van der Waals surface area contributed by atoms with Crippen molar-refractivity contribution in [2.24, 2.45) is 0 Å². The molecule has 0 radical (unpaired) electrons. The summed E-state index contributed by atoms with van der Waals surface area (Å²) in [6, 6.07) is 11.8. The lowest BCUT2D eigenvalue weighted by Crippen LogP contribution is -2.11. The zero-order valence-corrected chi connectivity index (χ0v) is 14.5. The Morgan fingerprint density at radius 1 is 1.28 bits per heavy atom. The number of aromatic nitrogens is 1. The number of non-ortho nitro benzene ring substituents is 1. The molecule has 0 saturated carbocycles. The number of carbonyl (C=O) groups is 1. The Kier molecular flexibility index (Phi) is 5.04. The normalized spacial score (nSPS) is 10.8. The van der Waals surface area contributed by atoms with Crippen LogP contribution in [-0.4, -0.2) is 15.8 Å². The summed E-state index contributed by atoms with van der Waals surface area (Å²) in [7, 11) is 0. The number of unbranched alkanes of at least 4 members (excludes halogenated alkanes) is 1. The number of rotatable bonds is 6. The van der Waals surface area contributed by atoms with Crippen molar-refractivity contribution in [2.75, 3.05) is 5.32 Å². The predicted octanol–water partition coefficient (Wildman–Crippen LogP) is 4.80. The van der Waals surface area contributed by atoms with Gasteiger partial charge in [-0.3, -0.25) is 20.2 Å². The van der Waals surface area contributed by atoms with Crippen LogP contribution in [0.4, 0.5) is 10.8 Å². The Morgan fingerprint density at radius 3 is 2.88 bits per heavy atom. The molecule has 7 heteroatoms. The third-order valence-electron chi connectivity index (χ3n) is 3.81. The van der Waals surface area contributed by atoms with Crippen molar-refractivity contribution in [2.45, 2.75) is 26.2 Å². The summed E-state index contributed by atoms with van der Waals surface area (Å²) < 4.78 is 1.02. The van der Waals surface area contributed by atoms with E-state index in [1.807, 2.05) is 6.07 Å². The zero-order chi connectivity index (χ0) is 17.8. The fourth-order valence-corrected chi connectivity index (χ4v) is 3.41. The summed E-state index contributed by atoms with van der Waals surface area (Å²) in [6.45, 7) is 2.16. The maximum atomic E-state index is 12.3. The molecule has 3 aromatic rings. The Morgan fingerprint density at radius 2 is 2.12 bits per heavy atom. The number of amides is 1. The van der Waals surface area contributed by atoms with Gasteiger partial charge in [-0.1, -0.05) is 36.8 Å². The summed E-state index contributed by atoms with van der Waals surface area (Å²) >= 11 is 1.40. The molecule has 0 bridgehead atoms. The predicted molar refractivity (Wildman–Crippen MR) is 99.3 cm³/mol. The average Bonchev–Trinajstić information content (AvgIpc) is 3.01. The number of nitro groups is 1. The van der Waals surface area contributed by atoms with Gasteiger partial charge < -0.3 is 0 Å². The van der Waals surface area contributed by atoms with Gasteiger partial charge in [0.1, 0.15) is 0 Å². The molecule has 25 heavy (non-hydrogen) atoms. The van der Waals surface area contributed by atoms with Gasteiger partial charge in [0.15, 0.2) is 5.13 Å². The van der Waals surface area contributed by atoms with Crippen LogP contribution < -0.4 is 5.32 Å². The number of nitrogens with zero attached hydrogens (tertiary/aromatic N) is 2. The van der Waals surface area contributed by atoms with E-state index in [1.165, 1.54) is 35.1 Å². The highest BCUT2D eigenvalue weighted by Gasteiger charge is 2.13. The molecule has 0 unspecified atom stereocenters. The minimum Gasteiger partial charge on any atom is -0.298 e. The number of fused-ring (bicyclic) bond motifs is 1. The summed E-state index contributed by atoms with van der Waals surface area (Å²) in [4.78, 5) is 27.0. The molecule has 0 aliphatic rings.